The molecule has 1 N–H and O–H groups in total. The van der Waals surface area contributed by atoms with Crippen molar-refractivity contribution in [3.63, 3.8) is 0 Å². The Morgan fingerprint density at radius 3 is 2.81 bits per heavy atom. The van der Waals surface area contributed by atoms with Crippen LogP contribution in [0.4, 0.5) is 5.95 Å². The quantitative estimate of drug-likeness (QED) is 0.844. The Kier molecular flexibility index (Phi) is 3.43. The molecular weight excluding hydrogens is 204 g/mol. The van der Waals surface area contributed by atoms with Gasteiger partial charge in [-0.05, 0) is 27.2 Å². The van der Waals surface area contributed by atoms with Gasteiger partial charge >= 0.3 is 0 Å². The van der Waals surface area contributed by atoms with E-state index >= 15 is 0 Å². The van der Waals surface area contributed by atoms with Crippen LogP contribution in [0.3, 0.4) is 0 Å². The zero-order valence-electron chi connectivity index (χ0n) is 10.2. The van der Waals surface area contributed by atoms with Crippen molar-refractivity contribution in [1.29, 1.82) is 0 Å². The fourth-order valence-corrected chi connectivity index (χ4v) is 2.26. The number of hydrogen-bond acceptors (Lipinski definition) is 4. The van der Waals surface area contributed by atoms with Gasteiger partial charge < -0.3 is 10.1 Å². The Hall–Kier alpha value is -1.10. The molecule has 1 saturated heterocycles. The molecule has 0 aromatic carbocycles. The van der Waals surface area contributed by atoms with Gasteiger partial charge in [0.05, 0.1) is 6.10 Å². The van der Waals surface area contributed by atoms with E-state index in [1.54, 1.807) is 0 Å². The Bertz CT molecular complexity index is 350. The molecule has 90 valence electrons. The maximum absolute atomic E-state index is 5.59. The lowest BCUT2D eigenvalue weighted by Gasteiger charge is -2.15. The number of ether oxygens (including phenoxy) is 1. The molecule has 0 saturated carbocycles. The fourth-order valence-electron chi connectivity index (χ4n) is 2.26. The minimum atomic E-state index is 0.254. The summed E-state index contributed by atoms with van der Waals surface area (Å²) in [7, 11) is 0. The highest BCUT2D eigenvalue weighted by atomic mass is 16.5. The lowest BCUT2D eigenvalue weighted by atomic mass is 10.0. The molecule has 0 spiro atoms. The normalized spacial score (nSPS) is 24.9. The van der Waals surface area contributed by atoms with Crippen LogP contribution in [-0.4, -0.2) is 34.0 Å². The summed E-state index contributed by atoms with van der Waals surface area (Å²) in [5.74, 6) is 2.32. The first-order chi connectivity index (χ1) is 7.77. The predicted molar refractivity (Wildman–Crippen MR) is 62.6 cm³/mol. The summed E-state index contributed by atoms with van der Waals surface area (Å²) in [6.07, 6.45) is 1.30. The molecule has 0 radical (unpaired) electrons. The SMILES string of the molecule is CCNc1nnc(C2CCOC2C)n1CC. The number of nitrogens with one attached hydrogen (secondary N) is 1. The Labute approximate surface area is 96.2 Å². The van der Waals surface area contributed by atoms with Crippen molar-refractivity contribution in [2.24, 2.45) is 0 Å². The van der Waals surface area contributed by atoms with Crippen molar-refractivity contribution >= 4 is 5.95 Å². The van der Waals surface area contributed by atoms with Crippen molar-refractivity contribution in [2.75, 3.05) is 18.5 Å². The number of rotatable bonds is 4. The summed E-state index contributed by atoms with van der Waals surface area (Å²) >= 11 is 0. The van der Waals surface area contributed by atoms with E-state index in [9.17, 15) is 0 Å². The zero-order chi connectivity index (χ0) is 11.5. The number of anilines is 1. The molecule has 2 unspecified atom stereocenters. The minimum Gasteiger partial charge on any atom is -0.378 e. The molecule has 1 aromatic heterocycles. The van der Waals surface area contributed by atoms with E-state index in [1.165, 1.54) is 0 Å². The maximum atomic E-state index is 5.59. The van der Waals surface area contributed by atoms with E-state index in [2.05, 4.69) is 40.9 Å². The molecule has 1 aromatic rings. The highest BCUT2D eigenvalue weighted by molar-refractivity contribution is 5.27. The molecule has 5 heteroatoms. The summed E-state index contributed by atoms with van der Waals surface area (Å²) < 4.78 is 7.74. The third-order valence-corrected chi connectivity index (χ3v) is 3.14. The second-order valence-electron chi connectivity index (χ2n) is 4.13. The standard InChI is InChI=1S/C11H20N4O/c1-4-12-11-14-13-10(15(11)5-2)9-6-7-16-8(9)3/h8-9H,4-7H2,1-3H3,(H,12,14). The smallest absolute Gasteiger partial charge is 0.224 e. The van der Waals surface area contributed by atoms with Crippen molar-refractivity contribution in [1.82, 2.24) is 14.8 Å². The third-order valence-electron chi connectivity index (χ3n) is 3.14. The molecule has 16 heavy (non-hydrogen) atoms. The van der Waals surface area contributed by atoms with Gasteiger partial charge in [0, 0.05) is 25.6 Å². The first-order valence-corrected chi connectivity index (χ1v) is 6.06. The molecule has 1 fully saturated rings. The third kappa shape index (κ3) is 1.91. The largest absolute Gasteiger partial charge is 0.378 e. The van der Waals surface area contributed by atoms with Gasteiger partial charge in [-0.15, -0.1) is 10.2 Å². The lowest BCUT2D eigenvalue weighted by Crippen LogP contribution is -2.16. The van der Waals surface area contributed by atoms with Crippen LogP contribution in [0.1, 0.15) is 38.9 Å². The molecule has 0 aliphatic carbocycles. The van der Waals surface area contributed by atoms with Crippen LogP contribution in [0.15, 0.2) is 0 Å². The summed E-state index contributed by atoms with van der Waals surface area (Å²) in [5, 5.41) is 11.7. The topological polar surface area (TPSA) is 52.0 Å². The molecule has 5 nitrogen and oxygen atoms in total. The van der Waals surface area contributed by atoms with Crippen molar-refractivity contribution in [2.45, 2.75) is 45.8 Å². The molecular formula is C11H20N4O. The van der Waals surface area contributed by atoms with Gasteiger partial charge in [0.15, 0.2) is 0 Å². The van der Waals surface area contributed by atoms with E-state index in [0.29, 0.717) is 5.92 Å². The highest BCUT2D eigenvalue weighted by Gasteiger charge is 2.30. The summed E-state index contributed by atoms with van der Waals surface area (Å²) in [5.41, 5.74) is 0. The van der Waals surface area contributed by atoms with Crippen LogP contribution in [0.5, 0.6) is 0 Å². The molecule has 2 rings (SSSR count). The Morgan fingerprint density at radius 1 is 1.44 bits per heavy atom. The highest BCUT2D eigenvalue weighted by Crippen LogP contribution is 2.30. The van der Waals surface area contributed by atoms with Gasteiger partial charge in [0.1, 0.15) is 5.82 Å². The average Bonchev–Trinajstić information content (AvgIpc) is 2.84. The van der Waals surface area contributed by atoms with Crippen LogP contribution in [0.25, 0.3) is 0 Å². The molecule has 1 aliphatic heterocycles. The predicted octanol–water partition coefficient (Wildman–Crippen LogP) is 1.62. The molecule has 1 aliphatic rings. The number of nitrogens with zero attached hydrogens (tertiary/aromatic N) is 3. The van der Waals surface area contributed by atoms with E-state index in [1.807, 2.05) is 0 Å². The van der Waals surface area contributed by atoms with Gasteiger partial charge in [-0.25, -0.2) is 0 Å². The second kappa shape index (κ2) is 4.82. The zero-order valence-corrected chi connectivity index (χ0v) is 10.2. The van der Waals surface area contributed by atoms with E-state index in [0.717, 1.165) is 37.9 Å². The van der Waals surface area contributed by atoms with Crippen LogP contribution in [0.2, 0.25) is 0 Å². The summed E-state index contributed by atoms with van der Waals surface area (Å²) in [6, 6.07) is 0. The average molecular weight is 224 g/mol. The first-order valence-electron chi connectivity index (χ1n) is 6.06. The fraction of sp³-hybridized carbons (Fsp3) is 0.818. The van der Waals surface area contributed by atoms with Crippen LogP contribution in [-0.2, 0) is 11.3 Å². The molecule has 0 amide bonds. The monoisotopic (exact) mass is 224 g/mol. The van der Waals surface area contributed by atoms with E-state index < -0.39 is 0 Å². The lowest BCUT2D eigenvalue weighted by molar-refractivity contribution is 0.116. The second-order valence-corrected chi connectivity index (χ2v) is 4.13. The van der Waals surface area contributed by atoms with Crippen LogP contribution < -0.4 is 5.32 Å². The first kappa shape index (κ1) is 11.4. The van der Waals surface area contributed by atoms with Gasteiger partial charge in [-0.1, -0.05) is 0 Å². The molecule has 2 atom stereocenters. The Balaban J connectivity index is 2.26. The van der Waals surface area contributed by atoms with Crippen molar-refractivity contribution in [3.05, 3.63) is 5.82 Å². The van der Waals surface area contributed by atoms with Crippen LogP contribution in [0, 0.1) is 0 Å². The van der Waals surface area contributed by atoms with Crippen molar-refractivity contribution < 1.29 is 4.74 Å². The maximum Gasteiger partial charge on any atom is 0.224 e. The number of aromatic nitrogens is 3. The van der Waals surface area contributed by atoms with Crippen LogP contribution >= 0.6 is 0 Å². The summed E-state index contributed by atoms with van der Waals surface area (Å²) in [6.45, 7) is 8.89. The summed E-state index contributed by atoms with van der Waals surface area (Å²) in [4.78, 5) is 0. The van der Waals surface area contributed by atoms with Gasteiger partial charge in [-0.2, -0.15) is 0 Å². The van der Waals surface area contributed by atoms with Gasteiger partial charge in [0.25, 0.3) is 0 Å². The Morgan fingerprint density at radius 2 is 2.25 bits per heavy atom. The molecule has 0 bridgehead atoms. The van der Waals surface area contributed by atoms with Gasteiger partial charge in [-0.3, -0.25) is 4.57 Å². The molecule has 2 heterocycles. The minimum absolute atomic E-state index is 0.254. The van der Waals surface area contributed by atoms with Gasteiger partial charge in [0.2, 0.25) is 5.95 Å². The van der Waals surface area contributed by atoms with E-state index in [-0.39, 0.29) is 6.10 Å². The van der Waals surface area contributed by atoms with E-state index in [4.69, 9.17) is 4.74 Å². The van der Waals surface area contributed by atoms with Crippen molar-refractivity contribution in [3.8, 4) is 0 Å². The number of hydrogen-bond donors (Lipinski definition) is 1.